The molecule has 1 heterocycles. The standard InChI is InChI=1S/C5H9NO3.C4H7NO4/c7-3-1-2-6-4(3)5(8)9;5-2(4(8)9)1-3(6)7/h3-4,6-7H,1-2H2,(H,8,9);2H,1,5H2,(H,6,7)(H,8,9)/t3?,4-;2-/m00/s1. The van der Waals surface area contributed by atoms with Gasteiger partial charge in [-0.3, -0.25) is 14.4 Å². The number of rotatable bonds is 4. The topological polar surface area (TPSA) is 170 Å². The number of carboxylic acid groups (broad SMARTS) is 3. The number of hydrogen-bond acceptors (Lipinski definition) is 6. The molecule has 0 aliphatic carbocycles. The molecule has 3 atom stereocenters. The molecule has 9 nitrogen and oxygen atoms in total. The molecule has 0 saturated carbocycles. The maximum Gasteiger partial charge on any atom is 0.323 e. The summed E-state index contributed by atoms with van der Waals surface area (Å²) in [5.41, 5.74) is 4.84. The molecule has 1 saturated heterocycles. The highest BCUT2D eigenvalue weighted by Gasteiger charge is 2.30. The monoisotopic (exact) mass is 264 g/mol. The van der Waals surface area contributed by atoms with Crippen LogP contribution in [0.2, 0.25) is 0 Å². The molecule has 1 fully saturated rings. The van der Waals surface area contributed by atoms with Crippen LogP contribution in [0.4, 0.5) is 0 Å². The van der Waals surface area contributed by atoms with Gasteiger partial charge in [0.1, 0.15) is 12.1 Å². The molecule has 0 bridgehead atoms. The fourth-order valence-corrected chi connectivity index (χ4v) is 1.22. The van der Waals surface area contributed by atoms with E-state index in [1.165, 1.54) is 0 Å². The summed E-state index contributed by atoms with van der Waals surface area (Å²) in [6, 6.07) is -2.03. The lowest BCUT2D eigenvalue weighted by atomic mass is 10.2. The quantitative estimate of drug-likeness (QED) is 0.325. The summed E-state index contributed by atoms with van der Waals surface area (Å²) >= 11 is 0. The highest BCUT2D eigenvalue weighted by molar-refractivity contribution is 5.80. The van der Waals surface area contributed by atoms with Gasteiger partial charge in [-0.1, -0.05) is 0 Å². The van der Waals surface area contributed by atoms with Crippen molar-refractivity contribution in [3.8, 4) is 0 Å². The Labute approximate surface area is 102 Å². The minimum absolute atomic E-state index is 0.532. The highest BCUT2D eigenvalue weighted by Crippen LogP contribution is 2.05. The SMILES string of the molecule is N[C@@H](CC(=O)O)C(=O)O.O=C(O)[C@H]1NCCC1O. The van der Waals surface area contributed by atoms with E-state index in [1.54, 1.807) is 0 Å². The molecule has 18 heavy (non-hydrogen) atoms. The van der Waals surface area contributed by atoms with Gasteiger partial charge < -0.3 is 31.5 Å². The number of aliphatic hydroxyl groups is 1. The summed E-state index contributed by atoms with van der Waals surface area (Å²) in [6.07, 6.45) is -0.700. The maximum atomic E-state index is 10.2. The number of carbonyl (C=O) groups is 3. The molecule has 0 aromatic heterocycles. The number of nitrogens with one attached hydrogen (secondary N) is 1. The van der Waals surface area contributed by atoms with Crippen molar-refractivity contribution in [2.24, 2.45) is 5.73 Å². The smallest absolute Gasteiger partial charge is 0.323 e. The molecule has 7 N–H and O–H groups in total. The number of carboxylic acids is 3. The molecule has 1 unspecified atom stereocenters. The molecule has 0 spiro atoms. The molecule has 1 rings (SSSR count). The van der Waals surface area contributed by atoms with Crippen LogP contribution in [0, 0.1) is 0 Å². The predicted molar refractivity (Wildman–Crippen MR) is 57.9 cm³/mol. The second kappa shape index (κ2) is 7.58. The molecule has 0 aromatic carbocycles. The van der Waals surface area contributed by atoms with Gasteiger partial charge in [-0.15, -0.1) is 0 Å². The predicted octanol–water partition coefficient (Wildman–Crippen LogP) is -2.33. The zero-order valence-corrected chi connectivity index (χ0v) is 9.44. The first-order valence-corrected chi connectivity index (χ1v) is 5.10. The van der Waals surface area contributed by atoms with Crippen molar-refractivity contribution in [3.05, 3.63) is 0 Å². The highest BCUT2D eigenvalue weighted by atomic mass is 16.4. The fraction of sp³-hybridized carbons (Fsp3) is 0.667. The molecule has 1 aliphatic rings. The lowest BCUT2D eigenvalue weighted by molar-refractivity contribution is -0.144. The molecular weight excluding hydrogens is 248 g/mol. The van der Waals surface area contributed by atoms with Crippen molar-refractivity contribution in [2.45, 2.75) is 31.0 Å². The van der Waals surface area contributed by atoms with Gasteiger partial charge in [0.2, 0.25) is 0 Å². The third-order valence-electron chi connectivity index (χ3n) is 2.17. The summed E-state index contributed by atoms with van der Waals surface area (Å²) in [5.74, 6) is -3.47. The Bertz CT molecular complexity index is 320. The van der Waals surface area contributed by atoms with E-state index in [9.17, 15) is 14.4 Å². The molecule has 9 heteroatoms. The van der Waals surface area contributed by atoms with Crippen LogP contribution in [0.5, 0.6) is 0 Å². The van der Waals surface area contributed by atoms with Crippen molar-refractivity contribution >= 4 is 17.9 Å². The van der Waals surface area contributed by atoms with Crippen LogP contribution in [-0.4, -0.2) is 63.1 Å². The molecule has 1 aliphatic heterocycles. The molecular formula is C9H16N2O7. The number of hydrogen-bond donors (Lipinski definition) is 6. The average molecular weight is 264 g/mol. The summed E-state index contributed by atoms with van der Waals surface area (Å²) < 4.78 is 0. The third-order valence-corrected chi connectivity index (χ3v) is 2.17. The molecule has 0 aromatic rings. The van der Waals surface area contributed by atoms with Gasteiger partial charge >= 0.3 is 17.9 Å². The van der Waals surface area contributed by atoms with Crippen molar-refractivity contribution in [1.82, 2.24) is 5.32 Å². The first-order chi connectivity index (χ1) is 8.25. The maximum absolute atomic E-state index is 10.2. The Balaban J connectivity index is 0.000000321. The van der Waals surface area contributed by atoms with Gasteiger partial charge in [0.15, 0.2) is 0 Å². The molecule has 104 valence electrons. The van der Waals surface area contributed by atoms with Crippen LogP contribution in [-0.2, 0) is 14.4 Å². The van der Waals surface area contributed by atoms with Gasteiger partial charge in [-0.05, 0) is 13.0 Å². The third kappa shape index (κ3) is 6.13. The van der Waals surface area contributed by atoms with Crippen molar-refractivity contribution < 1.29 is 34.8 Å². The Morgan fingerprint density at radius 1 is 1.28 bits per heavy atom. The van der Waals surface area contributed by atoms with Crippen molar-refractivity contribution in [2.75, 3.05) is 6.54 Å². The van der Waals surface area contributed by atoms with E-state index in [0.29, 0.717) is 13.0 Å². The van der Waals surface area contributed by atoms with E-state index in [0.717, 1.165) is 0 Å². The largest absolute Gasteiger partial charge is 0.481 e. The Kier molecular flexibility index (Phi) is 6.86. The Hall–Kier alpha value is -1.71. The number of aliphatic hydroxyl groups excluding tert-OH is 1. The summed E-state index contributed by atoms with van der Waals surface area (Å²) in [5, 5.41) is 36.0. The summed E-state index contributed by atoms with van der Waals surface area (Å²) in [6.45, 7) is 0.595. The van der Waals surface area contributed by atoms with Crippen LogP contribution in [0.3, 0.4) is 0 Å². The van der Waals surface area contributed by atoms with Gasteiger partial charge in [0.25, 0.3) is 0 Å². The number of nitrogens with two attached hydrogens (primary N) is 1. The van der Waals surface area contributed by atoms with Crippen molar-refractivity contribution in [3.63, 3.8) is 0 Å². The first-order valence-electron chi connectivity index (χ1n) is 5.10. The average Bonchev–Trinajstić information content (AvgIpc) is 2.64. The van der Waals surface area contributed by atoms with Gasteiger partial charge in [-0.25, -0.2) is 0 Å². The Morgan fingerprint density at radius 2 is 1.83 bits per heavy atom. The molecule has 0 radical (unpaired) electrons. The lowest BCUT2D eigenvalue weighted by Gasteiger charge is -2.06. The van der Waals surface area contributed by atoms with Gasteiger partial charge in [-0.2, -0.15) is 0 Å². The van der Waals surface area contributed by atoms with E-state index >= 15 is 0 Å². The van der Waals surface area contributed by atoms with E-state index in [-0.39, 0.29) is 0 Å². The molecule has 0 amide bonds. The summed E-state index contributed by atoms with van der Waals surface area (Å²) in [7, 11) is 0. The fourth-order valence-electron chi connectivity index (χ4n) is 1.22. The van der Waals surface area contributed by atoms with Gasteiger partial charge in [0, 0.05) is 0 Å². The van der Waals surface area contributed by atoms with E-state index in [4.69, 9.17) is 26.2 Å². The first kappa shape index (κ1) is 16.3. The number of aliphatic carboxylic acids is 3. The Morgan fingerprint density at radius 3 is 2.00 bits per heavy atom. The van der Waals surface area contributed by atoms with Gasteiger partial charge in [0.05, 0.1) is 12.5 Å². The van der Waals surface area contributed by atoms with E-state index in [1.807, 2.05) is 0 Å². The zero-order chi connectivity index (χ0) is 14.3. The van der Waals surface area contributed by atoms with Crippen LogP contribution in [0.25, 0.3) is 0 Å². The van der Waals surface area contributed by atoms with Crippen molar-refractivity contribution in [1.29, 1.82) is 0 Å². The minimum Gasteiger partial charge on any atom is -0.481 e. The van der Waals surface area contributed by atoms with E-state index in [2.05, 4.69) is 5.32 Å². The second-order valence-corrected chi connectivity index (χ2v) is 3.67. The van der Waals surface area contributed by atoms with Crippen LogP contribution in [0.1, 0.15) is 12.8 Å². The normalized spacial score (nSPS) is 23.7. The van der Waals surface area contributed by atoms with Crippen LogP contribution < -0.4 is 11.1 Å². The summed E-state index contributed by atoms with van der Waals surface area (Å²) in [4.78, 5) is 29.8. The zero-order valence-electron chi connectivity index (χ0n) is 9.44. The second-order valence-electron chi connectivity index (χ2n) is 3.67. The van der Waals surface area contributed by atoms with Crippen LogP contribution >= 0.6 is 0 Å². The lowest BCUT2D eigenvalue weighted by Crippen LogP contribution is -2.38. The van der Waals surface area contributed by atoms with Crippen LogP contribution in [0.15, 0.2) is 0 Å². The minimum atomic E-state index is -1.29. The van der Waals surface area contributed by atoms with E-state index < -0.39 is 42.5 Å².